The van der Waals surface area contributed by atoms with Crippen molar-refractivity contribution in [1.29, 1.82) is 0 Å². The van der Waals surface area contributed by atoms with Gasteiger partial charge in [0, 0.05) is 6.26 Å². The first-order chi connectivity index (χ1) is 9.25. The molecule has 3 N–H and O–H groups in total. The number of anilines is 1. The number of carbonyl (C=O) groups excluding carboxylic acids is 1. The van der Waals surface area contributed by atoms with Gasteiger partial charge in [-0.25, -0.2) is 8.42 Å². The molecule has 1 aromatic rings. The summed E-state index contributed by atoms with van der Waals surface area (Å²) in [5, 5.41) is 2.84. The molecule has 5 nitrogen and oxygen atoms in total. The van der Waals surface area contributed by atoms with E-state index in [1.165, 1.54) is 18.2 Å². The van der Waals surface area contributed by atoms with Crippen LogP contribution in [0.4, 0.5) is 5.69 Å². The number of hydrogen-bond acceptors (Lipinski definition) is 4. The molecule has 1 amide bonds. The molecular weight excluding hydrogens is 300 g/mol. The smallest absolute Gasteiger partial charge is 0.241 e. The average molecular weight is 319 g/mol. The van der Waals surface area contributed by atoms with E-state index in [9.17, 15) is 13.2 Å². The van der Waals surface area contributed by atoms with Crippen molar-refractivity contribution in [3.63, 3.8) is 0 Å². The topological polar surface area (TPSA) is 89.3 Å². The highest BCUT2D eigenvalue weighted by Crippen LogP contribution is 2.25. The molecule has 0 aromatic heterocycles. The molecule has 0 radical (unpaired) electrons. The van der Waals surface area contributed by atoms with Crippen LogP contribution in [0.25, 0.3) is 0 Å². The van der Waals surface area contributed by atoms with E-state index in [0.717, 1.165) is 19.1 Å². The van der Waals surface area contributed by atoms with E-state index >= 15 is 0 Å². The molecule has 20 heavy (non-hydrogen) atoms. The minimum absolute atomic E-state index is 0.0966. The maximum Gasteiger partial charge on any atom is 0.241 e. The van der Waals surface area contributed by atoms with Gasteiger partial charge in [0.2, 0.25) is 5.91 Å². The van der Waals surface area contributed by atoms with Crippen molar-refractivity contribution in [2.24, 2.45) is 5.73 Å². The van der Waals surface area contributed by atoms with Gasteiger partial charge < -0.3 is 11.1 Å². The number of hydrogen-bond donors (Lipinski definition) is 2. The first-order valence-electron chi connectivity index (χ1n) is 6.31. The fraction of sp³-hybridized carbons (Fsp3) is 0.462. The van der Waals surface area contributed by atoms with E-state index in [1.54, 1.807) is 0 Å². The third-order valence-electron chi connectivity index (χ3n) is 2.83. The molecule has 1 rings (SSSR count). The van der Waals surface area contributed by atoms with Gasteiger partial charge in [0.25, 0.3) is 0 Å². The van der Waals surface area contributed by atoms with Crippen molar-refractivity contribution in [3.05, 3.63) is 23.2 Å². The molecule has 0 aliphatic heterocycles. The number of benzene rings is 1. The number of unbranched alkanes of at least 4 members (excludes halogenated alkanes) is 1. The lowest BCUT2D eigenvalue weighted by molar-refractivity contribution is -0.117. The molecule has 1 atom stereocenters. The molecule has 1 aromatic carbocycles. The van der Waals surface area contributed by atoms with Crippen molar-refractivity contribution in [3.8, 4) is 0 Å². The molecule has 7 heteroatoms. The van der Waals surface area contributed by atoms with Gasteiger partial charge in [-0.15, -0.1) is 0 Å². The standard InChI is InChI=1S/C13H19ClN2O3S/c1-3-4-5-11(15)13(17)16-12-8-9(20(2,18)19)6-7-10(12)14/h6-8,11H,3-5,15H2,1-2H3,(H,16,17). The van der Waals surface area contributed by atoms with Gasteiger partial charge in [-0.05, 0) is 24.6 Å². The Balaban J connectivity index is 2.89. The molecule has 0 saturated carbocycles. The number of sulfone groups is 1. The normalized spacial score (nSPS) is 13.0. The highest BCUT2D eigenvalue weighted by atomic mass is 35.5. The second-order valence-electron chi connectivity index (χ2n) is 4.65. The lowest BCUT2D eigenvalue weighted by Crippen LogP contribution is -2.35. The minimum atomic E-state index is -3.35. The molecular formula is C13H19ClN2O3S. The summed E-state index contributed by atoms with van der Waals surface area (Å²) in [7, 11) is -3.35. The third-order valence-corrected chi connectivity index (χ3v) is 4.27. The predicted molar refractivity (Wildman–Crippen MR) is 80.7 cm³/mol. The van der Waals surface area contributed by atoms with Gasteiger partial charge in [0.05, 0.1) is 21.6 Å². The number of rotatable bonds is 6. The number of carbonyl (C=O) groups is 1. The number of nitrogens with two attached hydrogens (primary N) is 1. The van der Waals surface area contributed by atoms with Crippen LogP contribution in [0, 0.1) is 0 Å². The summed E-state index contributed by atoms with van der Waals surface area (Å²) in [5.41, 5.74) is 6.01. The van der Waals surface area contributed by atoms with Crippen LogP contribution < -0.4 is 11.1 Å². The van der Waals surface area contributed by atoms with Gasteiger partial charge in [0.15, 0.2) is 9.84 Å². The van der Waals surface area contributed by atoms with E-state index in [0.29, 0.717) is 6.42 Å². The predicted octanol–water partition coefficient (Wildman–Crippen LogP) is 2.20. The average Bonchev–Trinajstić information content (AvgIpc) is 2.37. The molecule has 112 valence electrons. The quantitative estimate of drug-likeness (QED) is 0.841. The summed E-state index contributed by atoms with van der Waals surface area (Å²) >= 11 is 5.95. The van der Waals surface area contributed by atoms with Crippen LogP contribution in [-0.2, 0) is 14.6 Å². The minimum Gasteiger partial charge on any atom is -0.323 e. The van der Waals surface area contributed by atoms with Crippen LogP contribution in [0.15, 0.2) is 23.1 Å². The first-order valence-corrected chi connectivity index (χ1v) is 8.58. The summed E-state index contributed by atoms with van der Waals surface area (Å²) < 4.78 is 23.0. The van der Waals surface area contributed by atoms with Crippen LogP contribution >= 0.6 is 11.6 Å². The molecule has 0 saturated heterocycles. The Labute approximate surface area is 124 Å². The molecule has 0 aliphatic carbocycles. The Morgan fingerprint density at radius 1 is 1.45 bits per heavy atom. The van der Waals surface area contributed by atoms with Crippen molar-refractivity contribution in [2.75, 3.05) is 11.6 Å². The molecule has 0 fully saturated rings. The van der Waals surface area contributed by atoms with Gasteiger partial charge in [-0.2, -0.15) is 0 Å². The summed E-state index contributed by atoms with van der Waals surface area (Å²) in [6, 6.07) is 3.53. The Morgan fingerprint density at radius 2 is 2.10 bits per heavy atom. The SMILES string of the molecule is CCCCC(N)C(=O)Nc1cc(S(C)(=O)=O)ccc1Cl. The summed E-state index contributed by atoms with van der Waals surface area (Å²) in [6.45, 7) is 2.01. The largest absolute Gasteiger partial charge is 0.323 e. The van der Waals surface area contributed by atoms with Crippen LogP contribution in [0.1, 0.15) is 26.2 Å². The fourth-order valence-electron chi connectivity index (χ4n) is 1.61. The highest BCUT2D eigenvalue weighted by molar-refractivity contribution is 7.90. The van der Waals surface area contributed by atoms with Crippen molar-refractivity contribution >= 4 is 33.0 Å². The van der Waals surface area contributed by atoms with Gasteiger partial charge in [-0.1, -0.05) is 31.4 Å². The van der Waals surface area contributed by atoms with Gasteiger partial charge in [0.1, 0.15) is 0 Å². The maximum absolute atomic E-state index is 11.9. The van der Waals surface area contributed by atoms with Crippen LogP contribution in [0.2, 0.25) is 5.02 Å². The van der Waals surface area contributed by atoms with E-state index < -0.39 is 15.9 Å². The second-order valence-corrected chi connectivity index (χ2v) is 7.07. The van der Waals surface area contributed by atoms with Crippen LogP contribution in [0.3, 0.4) is 0 Å². The lowest BCUT2D eigenvalue weighted by Gasteiger charge is -2.13. The Kier molecular flexibility index (Phi) is 5.98. The summed E-state index contributed by atoms with van der Waals surface area (Å²) in [4.78, 5) is 12.0. The van der Waals surface area contributed by atoms with E-state index in [1.807, 2.05) is 6.92 Å². The third kappa shape index (κ3) is 4.77. The van der Waals surface area contributed by atoms with E-state index in [2.05, 4.69) is 5.32 Å². The van der Waals surface area contributed by atoms with Crippen molar-refractivity contribution in [1.82, 2.24) is 0 Å². The zero-order chi connectivity index (χ0) is 15.3. The monoisotopic (exact) mass is 318 g/mol. The van der Waals surface area contributed by atoms with Crippen molar-refractivity contribution < 1.29 is 13.2 Å². The molecule has 0 spiro atoms. The number of amides is 1. The molecule has 0 bridgehead atoms. The first kappa shape index (κ1) is 16.9. The van der Waals surface area contributed by atoms with Gasteiger partial charge in [-0.3, -0.25) is 4.79 Å². The molecule has 1 unspecified atom stereocenters. The Hall–Kier alpha value is -1.11. The number of halogens is 1. The number of nitrogens with one attached hydrogen (secondary N) is 1. The molecule has 0 aliphatic rings. The zero-order valence-corrected chi connectivity index (χ0v) is 13.1. The second kappa shape index (κ2) is 7.06. The lowest BCUT2D eigenvalue weighted by atomic mass is 10.1. The Morgan fingerprint density at radius 3 is 2.65 bits per heavy atom. The highest BCUT2D eigenvalue weighted by Gasteiger charge is 2.16. The van der Waals surface area contributed by atoms with Crippen LogP contribution in [0.5, 0.6) is 0 Å². The van der Waals surface area contributed by atoms with E-state index in [-0.39, 0.29) is 21.5 Å². The van der Waals surface area contributed by atoms with Crippen molar-refractivity contribution in [2.45, 2.75) is 37.1 Å². The fourth-order valence-corrected chi connectivity index (χ4v) is 2.42. The van der Waals surface area contributed by atoms with Gasteiger partial charge >= 0.3 is 0 Å². The maximum atomic E-state index is 11.9. The van der Waals surface area contributed by atoms with E-state index in [4.69, 9.17) is 17.3 Å². The zero-order valence-electron chi connectivity index (χ0n) is 11.5. The van der Waals surface area contributed by atoms with Crippen LogP contribution in [-0.4, -0.2) is 26.6 Å². The summed E-state index contributed by atoms with van der Waals surface area (Å²) in [6.07, 6.45) is 3.47. The summed E-state index contributed by atoms with van der Waals surface area (Å²) in [5.74, 6) is -0.369. The molecule has 0 heterocycles. The Bertz CT molecular complexity index is 587.